The van der Waals surface area contributed by atoms with Crippen LogP contribution in [0, 0.1) is 0 Å². The van der Waals surface area contributed by atoms with Crippen molar-refractivity contribution in [3.8, 4) is 0 Å². The van der Waals surface area contributed by atoms with E-state index < -0.39 is 11.2 Å². The number of carbonyl (C=O) groups is 1. The Morgan fingerprint density at radius 3 is 2.50 bits per heavy atom. The summed E-state index contributed by atoms with van der Waals surface area (Å²) < 4.78 is 17.7. The first kappa shape index (κ1) is 14.4. The molecule has 120 valence electrons. The van der Waals surface area contributed by atoms with Crippen LogP contribution in [0.4, 0.5) is 0 Å². The van der Waals surface area contributed by atoms with E-state index in [2.05, 4.69) is 24.3 Å². The highest BCUT2D eigenvalue weighted by Gasteiger charge is 2.52. The third-order valence-corrected chi connectivity index (χ3v) is 5.09. The standard InChI is InChI=1S/C17H22O5/c1-11(18)20-15-7-14-3-5-17(9-15,22-14)10-16-4-2-13(21-16)6-12(19)8-16/h2-5,12-15,19H,6-10H2,1H3/t12-,13+,14+,15-,16-,17-/m1/s1. The van der Waals surface area contributed by atoms with Gasteiger partial charge in [0.05, 0.1) is 29.5 Å². The van der Waals surface area contributed by atoms with Crippen molar-refractivity contribution in [1.82, 2.24) is 0 Å². The highest BCUT2D eigenvalue weighted by atomic mass is 16.6. The molecule has 0 amide bonds. The second-order valence-corrected chi connectivity index (χ2v) is 7.10. The average molecular weight is 306 g/mol. The predicted octanol–water partition coefficient (Wildman–Crippen LogP) is 1.64. The lowest BCUT2D eigenvalue weighted by Gasteiger charge is -2.44. The molecule has 22 heavy (non-hydrogen) atoms. The maximum Gasteiger partial charge on any atom is 0.302 e. The summed E-state index contributed by atoms with van der Waals surface area (Å²) in [5, 5.41) is 10.1. The fraction of sp³-hybridized carbons (Fsp3) is 0.706. The minimum Gasteiger partial charge on any atom is -0.462 e. The van der Waals surface area contributed by atoms with Gasteiger partial charge in [0.2, 0.25) is 0 Å². The molecule has 4 aliphatic rings. The van der Waals surface area contributed by atoms with E-state index in [0.29, 0.717) is 32.1 Å². The van der Waals surface area contributed by atoms with Crippen LogP contribution in [0.15, 0.2) is 24.3 Å². The molecule has 0 unspecified atom stereocenters. The molecule has 5 nitrogen and oxygen atoms in total. The van der Waals surface area contributed by atoms with Gasteiger partial charge in [0.25, 0.3) is 0 Å². The molecular formula is C17H22O5. The van der Waals surface area contributed by atoms with Gasteiger partial charge in [0.1, 0.15) is 6.10 Å². The van der Waals surface area contributed by atoms with Crippen LogP contribution in [0.3, 0.4) is 0 Å². The Kier molecular flexibility index (Phi) is 3.22. The minimum atomic E-state index is -0.459. The molecule has 2 saturated heterocycles. The zero-order valence-corrected chi connectivity index (χ0v) is 12.7. The first-order chi connectivity index (χ1) is 10.5. The van der Waals surface area contributed by atoms with E-state index in [4.69, 9.17) is 14.2 Å². The molecule has 4 rings (SSSR count). The van der Waals surface area contributed by atoms with Gasteiger partial charge >= 0.3 is 5.97 Å². The van der Waals surface area contributed by atoms with Gasteiger partial charge in [-0.05, 0) is 0 Å². The van der Waals surface area contributed by atoms with Crippen LogP contribution in [-0.2, 0) is 19.0 Å². The van der Waals surface area contributed by atoms with Gasteiger partial charge in [0, 0.05) is 39.0 Å². The summed E-state index contributed by atoms with van der Waals surface area (Å²) in [6.07, 6.45) is 11.2. The Bertz CT molecular complexity index is 541. The number of ether oxygens (including phenoxy) is 3. The molecule has 2 fully saturated rings. The van der Waals surface area contributed by atoms with E-state index in [0.717, 1.165) is 0 Å². The summed E-state index contributed by atoms with van der Waals surface area (Å²) in [5.74, 6) is -0.246. The van der Waals surface area contributed by atoms with E-state index >= 15 is 0 Å². The summed E-state index contributed by atoms with van der Waals surface area (Å²) in [6.45, 7) is 1.45. The van der Waals surface area contributed by atoms with Crippen molar-refractivity contribution in [2.45, 2.75) is 74.6 Å². The Labute approximate surface area is 129 Å². The lowest BCUT2D eigenvalue weighted by molar-refractivity contribution is -0.178. The number of aliphatic hydroxyl groups is 1. The van der Waals surface area contributed by atoms with Crippen LogP contribution in [0.2, 0.25) is 0 Å². The molecule has 4 aliphatic heterocycles. The van der Waals surface area contributed by atoms with Crippen LogP contribution >= 0.6 is 0 Å². The minimum absolute atomic E-state index is 0.00388. The molecule has 0 radical (unpaired) electrons. The number of fused-ring (bicyclic) bond motifs is 4. The lowest BCUT2D eigenvalue weighted by atomic mass is 9.79. The second-order valence-electron chi connectivity index (χ2n) is 7.10. The van der Waals surface area contributed by atoms with Gasteiger partial charge in [-0.1, -0.05) is 24.3 Å². The summed E-state index contributed by atoms with van der Waals surface area (Å²) >= 11 is 0. The molecule has 0 aromatic rings. The van der Waals surface area contributed by atoms with Crippen molar-refractivity contribution >= 4 is 5.97 Å². The molecule has 4 heterocycles. The fourth-order valence-electron chi connectivity index (χ4n) is 4.47. The second kappa shape index (κ2) is 4.91. The molecule has 6 atom stereocenters. The van der Waals surface area contributed by atoms with Crippen LogP contribution < -0.4 is 0 Å². The predicted molar refractivity (Wildman–Crippen MR) is 78.1 cm³/mol. The van der Waals surface area contributed by atoms with Gasteiger partial charge in [-0.3, -0.25) is 4.79 Å². The van der Waals surface area contributed by atoms with Crippen LogP contribution in [0.25, 0.3) is 0 Å². The number of carbonyl (C=O) groups excluding carboxylic acids is 1. The van der Waals surface area contributed by atoms with Crippen molar-refractivity contribution in [3.05, 3.63) is 24.3 Å². The summed E-state index contributed by atoms with van der Waals surface area (Å²) in [6, 6.07) is 0. The Morgan fingerprint density at radius 2 is 1.82 bits per heavy atom. The Hall–Kier alpha value is -1.17. The van der Waals surface area contributed by atoms with Crippen LogP contribution in [0.5, 0.6) is 0 Å². The van der Waals surface area contributed by atoms with Crippen molar-refractivity contribution < 1.29 is 24.1 Å². The maximum atomic E-state index is 11.3. The number of rotatable bonds is 3. The molecule has 4 bridgehead atoms. The van der Waals surface area contributed by atoms with Gasteiger partial charge in [0.15, 0.2) is 0 Å². The van der Waals surface area contributed by atoms with Gasteiger partial charge < -0.3 is 19.3 Å². The van der Waals surface area contributed by atoms with Gasteiger partial charge in [-0.15, -0.1) is 0 Å². The van der Waals surface area contributed by atoms with Crippen molar-refractivity contribution in [2.24, 2.45) is 0 Å². The topological polar surface area (TPSA) is 65.0 Å². The molecule has 0 saturated carbocycles. The molecule has 0 spiro atoms. The number of hydrogen-bond donors (Lipinski definition) is 1. The molecule has 0 aromatic carbocycles. The largest absolute Gasteiger partial charge is 0.462 e. The summed E-state index contributed by atoms with van der Waals surface area (Å²) in [7, 11) is 0. The summed E-state index contributed by atoms with van der Waals surface area (Å²) in [4.78, 5) is 11.3. The Morgan fingerprint density at radius 1 is 1.18 bits per heavy atom. The molecule has 0 aliphatic carbocycles. The van der Waals surface area contributed by atoms with Crippen LogP contribution in [0.1, 0.15) is 39.0 Å². The normalized spacial score (nSPS) is 48.6. The van der Waals surface area contributed by atoms with Crippen LogP contribution in [-0.4, -0.2) is 46.7 Å². The summed E-state index contributed by atoms with van der Waals surface area (Å²) in [5.41, 5.74) is -0.918. The number of hydrogen-bond acceptors (Lipinski definition) is 5. The highest BCUT2D eigenvalue weighted by molar-refractivity contribution is 5.66. The smallest absolute Gasteiger partial charge is 0.302 e. The molecule has 5 heteroatoms. The first-order valence-corrected chi connectivity index (χ1v) is 8.06. The van der Waals surface area contributed by atoms with E-state index in [1.165, 1.54) is 6.92 Å². The van der Waals surface area contributed by atoms with Crippen molar-refractivity contribution in [3.63, 3.8) is 0 Å². The van der Waals surface area contributed by atoms with E-state index in [-0.39, 0.29) is 30.4 Å². The zero-order valence-electron chi connectivity index (χ0n) is 12.7. The van der Waals surface area contributed by atoms with Crippen molar-refractivity contribution in [2.75, 3.05) is 0 Å². The molecular weight excluding hydrogens is 284 g/mol. The van der Waals surface area contributed by atoms with Gasteiger partial charge in [-0.25, -0.2) is 0 Å². The third kappa shape index (κ3) is 2.51. The maximum absolute atomic E-state index is 11.3. The molecule has 1 N–H and O–H groups in total. The Balaban J connectivity index is 1.53. The first-order valence-electron chi connectivity index (χ1n) is 8.06. The highest BCUT2D eigenvalue weighted by Crippen LogP contribution is 2.48. The van der Waals surface area contributed by atoms with Gasteiger partial charge in [-0.2, -0.15) is 0 Å². The van der Waals surface area contributed by atoms with Crippen molar-refractivity contribution in [1.29, 1.82) is 0 Å². The quantitative estimate of drug-likeness (QED) is 0.634. The fourth-order valence-corrected chi connectivity index (χ4v) is 4.47. The average Bonchev–Trinajstić information content (AvgIpc) is 2.86. The van der Waals surface area contributed by atoms with E-state index in [9.17, 15) is 9.90 Å². The van der Waals surface area contributed by atoms with E-state index in [1.54, 1.807) is 0 Å². The number of esters is 1. The third-order valence-electron chi connectivity index (χ3n) is 5.09. The zero-order chi connectivity index (χ0) is 15.4. The lowest BCUT2D eigenvalue weighted by Crippen LogP contribution is -2.50. The SMILES string of the molecule is CC(=O)O[C@@H]1C[C@@H]2C=C[C@](C[C@@]34C=C[C@@H](C[C@@H](O)C3)O4)(C1)O2. The van der Waals surface area contributed by atoms with E-state index in [1.807, 2.05) is 0 Å². The monoisotopic (exact) mass is 306 g/mol. The number of aliphatic hydroxyl groups excluding tert-OH is 1. The molecule has 0 aromatic heterocycles.